The van der Waals surface area contributed by atoms with E-state index in [4.69, 9.17) is 13.9 Å². The summed E-state index contributed by atoms with van der Waals surface area (Å²) in [4.78, 5) is 12.1. The van der Waals surface area contributed by atoms with Crippen molar-refractivity contribution in [3.8, 4) is 17.6 Å². The number of rotatable bonds is 6. The topological polar surface area (TPSA) is 84.5 Å². The Labute approximate surface area is 133 Å². The molecular weight excluding hydrogens is 296 g/mol. The molecule has 1 heterocycles. The van der Waals surface area contributed by atoms with E-state index in [-0.39, 0.29) is 12.1 Å². The highest BCUT2D eigenvalue weighted by molar-refractivity contribution is 6.01. The summed E-state index contributed by atoms with van der Waals surface area (Å²) < 4.78 is 15.5. The van der Waals surface area contributed by atoms with Gasteiger partial charge in [0, 0.05) is 5.56 Å². The maximum Gasteiger partial charge on any atom is 0.262 e. The Kier molecular flexibility index (Phi) is 5.42. The highest BCUT2D eigenvalue weighted by atomic mass is 16.5. The number of nitrogens with zero attached hydrogens (tertiary/aromatic N) is 1. The molecular formula is C17H16N2O4. The van der Waals surface area contributed by atoms with Gasteiger partial charge in [-0.1, -0.05) is 0 Å². The maximum absolute atomic E-state index is 12.1. The minimum Gasteiger partial charge on any atom is -0.497 e. The predicted octanol–water partition coefficient (Wildman–Crippen LogP) is 2.52. The number of ether oxygens (including phenoxy) is 2. The molecule has 6 heteroatoms. The van der Waals surface area contributed by atoms with Crippen molar-refractivity contribution in [2.75, 3.05) is 14.2 Å². The summed E-state index contributed by atoms with van der Waals surface area (Å²) in [6.45, 7) is 0.208. The van der Waals surface area contributed by atoms with Crippen LogP contribution in [-0.2, 0) is 11.3 Å². The van der Waals surface area contributed by atoms with Crippen LogP contribution in [0.5, 0.6) is 11.5 Å². The van der Waals surface area contributed by atoms with Gasteiger partial charge in [-0.3, -0.25) is 4.79 Å². The van der Waals surface area contributed by atoms with Gasteiger partial charge in [0.2, 0.25) is 0 Å². The quantitative estimate of drug-likeness (QED) is 0.654. The van der Waals surface area contributed by atoms with Gasteiger partial charge < -0.3 is 19.2 Å². The van der Waals surface area contributed by atoms with Crippen LogP contribution in [0.3, 0.4) is 0 Å². The second-order valence-electron chi connectivity index (χ2n) is 4.54. The van der Waals surface area contributed by atoms with Crippen LogP contribution in [0, 0.1) is 11.3 Å². The highest BCUT2D eigenvalue weighted by Gasteiger charge is 2.12. The number of hydrogen-bond donors (Lipinski definition) is 1. The molecule has 0 aliphatic rings. The second-order valence-corrected chi connectivity index (χ2v) is 4.54. The predicted molar refractivity (Wildman–Crippen MR) is 83.7 cm³/mol. The number of nitrogens with one attached hydrogen (secondary N) is 1. The van der Waals surface area contributed by atoms with Gasteiger partial charge in [0.25, 0.3) is 5.91 Å². The Bertz CT molecular complexity index is 742. The molecule has 1 aromatic carbocycles. The molecule has 0 aliphatic carbocycles. The summed E-state index contributed by atoms with van der Waals surface area (Å²) in [7, 11) is 3.05. The number of methoxy groups -OCH3 is 2. The van der Waals surface area contributed by atoms with E-state index >= 15 is 0 Å². The standard InChI is InChI=1S/C17H16N2O4/c1-21-14-5-6-16(22-2)12(9-14)8-13(10-18)17(20)19-11-15-4-3-7-23-15/h3-9H,11H2,1-2H3,(H,19,20)/b13-8-. The maximum atomic E-state index is 12.1. The fourth-order valence-electron chi connectivity index (χ4n) is 1.93. The van der Waals surface area contributed by atoms with E-state index in [0.29, 0.717) is 22.8 Å². The molecule has 6 nitrogen and oxygen atoms in total. The fourth-order valence-corrected chi connectivity index (χ4v) is 1.93. The zero-order valence-electron chi connectivity index (χ0n) is 12.8. The Morgan fingerprint density at radius 1 is 1.35 bits per heavy atom. The number of amides is 1. The van der Waals surface area contributed by atoms with E-state index in [0.717, 1.165) is 0 Å². The third kappa shape index (κ3) is 4.14. The van der Waals surface area contributed by atoms with Crippen molar-refractivity contribution in [1.82, 2.24) is 5.32 Å². The molecule has 23 heavy (non-hydrogen) atoms. The molecule has 0 aliphatic heterocycles. The highest BCUT2D eigenvalue weighted by Crippen LogP contribution is 2.26. The van der Waals surface area contributed by atoms with Gasteiger partial charge in [0.15, 0.2) is 0 Å². The van der Waals surface area contributed by atoms with Crippen LogP contribution in [-0.4, -0.2) is 20.1 Å². The molecule has 2 aromatic rings. The van der Waals surface area contributed by atoms with E-state index in [1.165, 1.54) is 26.6 Å². The van der Waals surface area contributed by atoms with E-state index in [1.807, 2.05) is 6.07 Å². The van der Waals surface area contributed by atoms with Gasteiger partial charge in [0.05, 0.1) is 27.0 Å². The lowest BCUT2D eigenvalue weighted by Crippen LogP contribution is -2.23. The van der Waals surface area contributed by atoms with E-state index in [1.54, 1.807) is 30.3 Å². The molecule has 0 radical (unpaired) electrons. The van der Waals surface area contributed by atoms with Crippen LogP contribution >= 0.6 is 0 Å². The number of nitriles is 1. The van der Waals surface area contributed by atoms with E-state index < -0.39 is 5.91 Å². The molecule has 0 spiro atoms. The van der Waals surface area contributed by atoms with Crippen molar-refractivity contribution in [1.29, 1.82) is 5.26 Å². The first-order valence-corrected chi connectivity index (χ1v) is 6.82. The molecule has 0 fully saturated rings. The van der Waals surface area contributed by atoms with Crippen molar-refractivity contribution in [3.63, 3.8) is 0 Å². The lowest BCUT2D eigenvalue weighted by molar-refractivity contribution is -0.117. The van der Waals surface area contributed by atoms with Crippen LogP contribution < -0.4 is 14.8 Å². The summed E-state index contributed by atoms with van der Waals surface area (Å²) in [5, 5.41) is 11.9. The normalized spacial score (nSPS) is 10.7. The van der Waals surface area contributed by atoms with Crippen molar-refractivity contribution < 1.29 is 18.7 Å². The van der Waals surface area contributed by atoms with Gasteiger partial charge in [-0.05, 0) is 36.4 Å². The number of hydrogen-bond acceptors (Lipinski definition) is 5. The van der Waals surface area contributed by atoms with Crippen LogP contribution in [0.4, 0.5) is 0 Å². The zero-order valence-corrected chi connectivity index (χ0v) is 12.8. The first-order chi connectivity index (χ1) is 11.2. The van der Waals surface area contributed by atoms with E-state index in [9.17, 15) is 10.1 Å². The molecule has 1 aromatic heterocycles. The fraction of sp³-hybridized carbons (Fsp3) is 0.176. The van der Waals surface area contributed by atoms with Crippen molar-refractivity contribution in [2.45, 2.75) is 6.54 Å². The zero-order chi connectivity index (χ0) is 16.7. The third-order valence-electron chi connectivity index (χ3n) is 3.11. The average molecular weight is 312 g/mol. The average Bonchev–Trinajstić information content (AvgIpc) is 3.10. The number of benzene rings is 1. The van der Waals surface area contributed by atoms with Crippen molar-refractivity contribution in [3.05, 3.63) is 53.5 Å². The summed E-state index contributed by atoms with van der Waals surface area (Å²) in [6, 6.07) is 10.5. The van der Waals surface area contributed by atoms with Crippen LogP contribution in [0.1, 0.15) is 11.3 Å². The second kappa shape index (κ2) is 7.71. The lowest BCUT2D eigenvalue weighted by Gasteiger charge is -2.08. The number of carbonyl (C=O) groups is 1. The van der Waals surface area contributed by atoms with Crippen LogP contribution in [0.15, 0.2) is 46.6 Å². The van der Waals surface area contributed by atoms with Crippen LogP contribution in [0.2, 0.25) is 0 Å². The minimum absolute atomic E-state index is 0.0388. The third-order valence-corrected chi connectivity index (χ3v) is 3.11. The lowest BCUT2D eigenvalue weighted by atomic mass is 10.1. The molecule has 0 saturated carbocycles. The molecule has 1 amide bonds. The monoisotopic (exact) mass is 312 g/mol. The first-order valence-electron chi connectivity index (χ1n) is 6.82. The molecule has 1 N–H and O–H groups in total. The Morgan fingerprint density at radius 3 is 2.78 bits per heavy atom. The summed E-state index contributed by atoms with van der Waals surface area (Å²) in [5.74, 6) is 1.26. The SMILES string of the molecule is COc1ccc(OC)c(/C=C(/C#N)C(=O)NCc2ccco2)c1. The largest absolute Gasteiger partial charge is 0.497 e. The summed E-state index contributed by atoms with van der Waals surface area (Å²) in [5.41, 5.74) is 0.541. The van der Waals surface area contributed by atoms with Gasteiger partial charge >= 0.3 is 0 Å². The molecule has 0 saturated heterocycles. The minimum atomic E-state index is -0.492. The Hall–Kier alpha value is -3.20. The smallest absolute Gasteiger partial charge is 0.262 e. The van der Waals surface area contributed by atoms with Crippen molar-refractivity contribution in [2.24, 2.45) is 0 Å². The van der Waals surface area contributed by atoms with Crippen LogP contribution in [0.25, 0.3) is 6.08 Å². The van der Waals surface area contributed by atoms with E-state index in [2.05, 4.69) is 5.32 Å². The molecule has 0 bridgehead atoms. The summed E-state index contributed by atoms with van der Waals surface area (Å²) in [6.07, 6.45) is 2.97. The van der Waals surface area contributed by atoms with Crippen molar-refractivity contribution >= 4 is 12.0 Å². The Morgan fingerprint density at radius 2 is 2.17 bits per heavy atom. The van der Waals surface area contributed by atoms with Gasteiger partial charge in [-0.25, -0.2) is 0 Å². The Balaban J connectivity index is 2.20. The summed E-state index contributed by atoms with van der Waals surface area (Å²) >= 11 is 0. The molecule has 2 rings (SSSR count). The first kappa shape index (κ1) is 16.2. The van der Waals surface area contributed by atoms with Gasteiger partial charge in [-0.2, -0.15) is 5.26 Å². The molecule has 0 atom stereocenters. The van der Waals surface area contributed by atoms with Gasteiger partial charge in [0.1, 0.15) is 28.9 Å². The molecule has 0 unspecified atom stereocenters. The number of furan rings is 1. The molecule has 118 valence electrons. The van der Waals surface area contributed by atoms with Gasteiger partial charge in [-0.15, -0.1) is 0 Å². The number of carbonyl (C=O) groups excluding carboxylic acids is 1.